The molecule has 1 heterocycles. The van der Waals surface area contributed by atoms with E-state index in [1.165, 1.54) is 11.4 Å². The molecule has 2 aromatic rings. The van der Waals surface area contributed by atoms with Crippen molar-refractivity contribution in [1.82, 2.24) is 4.31 Å². The lowest BCUT2D eigenvalue weighted by Crippen LogP contribution is -2.48. The lowest BCUT2D eigenvalue weighted by Gasteiger charge is -2.46. The molecule has 0 spiro atoms. The van der Waals surface area contributed by atoms with Gasteiger partial charge in [-0.3, -0.25) is 9.10 Å². The molecule has 0 amide bonds. The Hall–Kier alpha value is -2.13. The number of rotatable bonds is 4. The lowest BCUT2D eigenvalue weighted by atomic mass is 9.57. The fourth-order valence-electron chi connectivity index (χ4n) is 4.30. The van der Waals surface area contributed by atoms with Crippen LogP contribution in [0.4, 0.5) is 0 Å². The van der Waals surface area contributed by atoms with Crippen LogP contribution in [0.2, 0.25) is 0 Å². The quantitative estimate of drug-likeness (QED) is 0.410. The summed E-state index contributed by atoms with van der Waals surface area (Å²) in [6, 6.07) is 14.7. The number of fused-ring (bicyclic) bond motifs is 1. The Labute approximate surface area is 197 Å². The van der Waals surface area contributed by atoms with Crippen molar-refractivity contribution in [3.8, 4) is 0 Å². The van der Waals surface area contributed by atoms with Crippen molar-refractivity contribution in [2.24, 2.45) is 0 Å². The van der Waals surface area contributed by atoms with Crippen molar-refractivity contribution in [3.63, 3.8) is 0 Å². The highest BCUT2D eigenvalue weighted by molar-refractivity contribution is 14.1. The van der Waals surface area contributed by atoms with Gasteiger partial charge in [-0.2, -0.15) is 0 Å². The van der Waals surface area contributed by atoms with E-state index in [0.717, 1.165) is 25.8 Å². The monoisotopic (exact) mass is 549 g/mol. The van der Waals surface area contributed by atoms with Crippen molar-refractivity contribution < 1.29 is 17.9 Å². The first kappa shape index (κ1) is 22.1. The topological polar surface area (TPSA) is 63.7 Å². The number of aryl methyl sites for hydroxylation is 1. The molecule has 31 heavy (non-hydrogen) atoms. The Kier molecular flexibility index (Phi) is 6.00. The first-order chi connectivity index (χ1) is 14.8. The zero-order chi connectivity index (χ0) is 22.2. The third kappa shape index (κ3) is 3.82. The van der Waals surface area contributed by atoms with Crippen molar-refractivity contribution in [1.29, 1.82) is 0 Å². The maximum atomic E-state index is 13.3. The van der Waals surface area contributed by atoms with Crippen LogP contribution in [0, 0.1) is 10.5 Å². The minimum Gasteiger partial charge on any atom is -0.468 e. The largest absolute Gasteiger partial charge is 0.468 e. The second-order valence-electron chi connectivity index (χ2n) is 7.92. The van der Waals surface area contributed by atoms with E-state index in [0.29, 0.717) is 25.8 Å². The Bertz CT molecular complexity index is 1170. The van der Waals surface area contributed by atoms with Gasteiger partial charge in [0, 0.05) is 16.3 Å². The summed E-state index contributed by atoms with van der Waals surface area (Å²) in [4.78, 5) is 13.2. The Morgan fingerprint density at radius 2 is 1.77 bits per heavy atom. The minimum atomic E-state index is -3.66. The molecule has 1 fully saturated rings. The molecule has 0 aromatic heterocycles. The smallest absolute Gasteiger partial charge is 0.321 e. The third-order valence-corrected chi connectivity index (χ3v) is 8.48. The highest BCUT2D eigenvalue weighted by atomic mass is 127. The fraction of sp³-hybridized carbons (Fsp3) is 0.292. The van der Waals surface area contributed by atoms with Gasteiger partial charge in [-0.05, 0) is 89.8 Å². The average molecular weight is 549 g/mol. The van der Waals surface area contributed by atoms with Crippen LogP contribution in [0.15, 0.2) is 76.8 Å². The number of allylic oxidation sites excluding steroid dienone is 2. The second kappa shape index (κ2) is 8.43. The predicted octanol–water partition coefficient (Wildman–Crippen LogP) is 4.71. The Balaban J connectivity index is 1.75. The van der Waals surface area contributed by atoms with Crippen LogP contribution >= 0.6 is 22.6 Å². The number of hydrogen-bond donors (Lipinski definition) is 0. The van der Waals surface area contributed by atoms with Crippen molar-refractivity contribution >= 4 is 38.6 Å². The van der Waals surface area contributed by atoms with Crippen LogP contribution < -0.4 is 0 Å². The van der Waals surface area contributed by atoms with Crippen LogP contribution in [0.1, 0.15) is 30.4 Å². The lowest BCUT2D eigenvalue weighted by molar-refractivity contribution is -0.147. The highest BCUT2D eigenvalue weighted by Gasteiger charge is 2.54. The summed E-state index contributed by atoms with van der Waals surface area (Å²) in [7, 11) is -2.26. The zero-order valence-corrected chi connectivity index (χ0v) is 20.4. The van der Waals surface area contributed by atoms with Gasteiger partial charge in [0.25, 0.3) is 10.0 Å². The molecule has 1 atom stereocenters. The number of sulfonamides is 1. The van der Waals surface area contributed by atoms with E-state index >= 15 is 0 Å². The van der Waals surface area contributed by atoms with E-state index in [-0.39, 0.29) is 10.9 Å². The summed E-state index contributed by atoms with van der Waals surface area (Å²) in [6.45, 7) is 2.33. The number of carbonyl (C=O) groups excluding carboxylic acids is 1. The molecular formula is C24H24INO4S. The minimum absolute atomic E-state index is 0.275. The van der Waals surface area contributed by atoms with Gasteiger partial charge in [-0.15, -0.1) is 0 Å². The molecule has 1 saturated carbocycles. The van der Waals surface area contributed by atoms with Gasteiger partial charge in [0.15, 0.2) is 0 Å². The van der Waals surface area contributed by atoms with Gasteiger partial charge in [0.05, 0.1) is 12.0 Å². The van der Waals surface area contributed by atoms with Gasteiger partial charge in [-0.1, -0.05) is 35.9 Å². The summed E-state index contributed by atoms with van der Waals surface area (Å²) >= 11 is 2.23. The number of methoxy groups -OCH3 is 1. The number of ether oxygens (including phenoxy) is 1. The summed E-state index contributed by atoms with van der Waals surface area (Å²) < 4.78 is 34.2. The number of halogens is 1. The summed E-state index contributed by atoms with van der Waals surface area (Å²) in [5, 5.41) is 0. The SMILES string of the molecule is COC(=O)C1(c2ccc(I)cc2)CC2=C/N(S(=O)(=O)c3ccc(C)cc3)CCC/C=C\21. The van der Waals surface area contributed by atoms with Gasteiger partial charge >= 0.3 is 5.97 Å². The molecule has 0 bridgehead atoms. The van der Waals surface area contributed by atoms with E-state index < -0.39 is 15.4 Å². The molecule has 7 heteroatoms. The fourth-order valence-corrected chi connectivity index (χ4v) is 6.04. The van der Waals surface area contributed by atoms with Gasteiger partial charge in [-0.25, -0.2) is 8.42 Å². The van der Waals surface area contributed by atoms with Crippen LogP contribution in [0.3, 0.4) is 0 Å². The molecule has 2 aromatic carbocycles. The summed E-state index contributed by atoms with van der Waals surface area (Å²) in [5.41, 5.74) is 2.71. The van der Waals surface area contributed by atoms with Gasteiger partial charge < -0.3 is 4.74 Å². The zero-order valence-electron chi connectivity index (χ0n) is 17.5. The standard InChI is InChI=1S/C24H24INO4S/c1-17-6-12-21(13-7-17)31(28,29)26-14-4-3-5-22-18(16-26)15-24(22,23(27)30-2)19-8-10-20(25)11-9-19/h5-13,16H,3-4,14-15H2,1-2H3/b18-16-,22-5+. The Morgan fingerprint density at radius 1 is 1.10 bits per heavy atom. The van der Waals surface area contributed by atoms with E-state index in [9.17, 15) is 13.2 Å². The van der Waals surface area contributed by atoms with E-state index in [4.69, 9.17) is 4.74 Å². The number of carbonyl (C=O) groups is 1. The number of esters is 1. The van der Waals surface area contributed by atoms with Gasteiger partial charge in [0.1, 0.15) is 5.41 Å². The van der Waals surface area contributed by atoms with Crippen molar-refractivity contribution in [3.05, 3.63) is 86.7 Å². The highest BCUT2D eigenvalue weighted by Crippen LogP contribution is 2.54. The van der Waals surface area contributed by atoms with Crippen molar-refractivity contribution in [2.75, 3.05) is 13.7 Å². The Morgan fingerprint density at radius 3 is 2.42 bits per heavy atom. The normalized spacial score (nSPS) is 24.4. The van der Waals surface area contributed by atoms with E-state index in [1.54, 1.807) is 30.5 Å². The van der Waals surface area contributed by atoms with Crippen LogP contribution in [-0.4, -0.2) is 32.3 Å². The molecule has 1 aliphatic heterocycles. The number of hydrogen-bond acceptors (Lipinski definition) is 4. The third-order valence-electron chi connectivity index (χ3n) is 5.99. The summed E-state index contributed by atoms with van der Waals surface area (Å²) in [5.74, 6) is -0.314. The van der Waals surface area contributed by atoms with Crippen LogP contribution in [0.25, 0.3) is 0 Å². The maximum absolute atomic E-state index is 13.3. The molecule has 0 N–H and O–H groups in total. The molecule has 162 valence electrons. The second-order valence-corrected chi connectivity index (χ2v) is 11.1. The predicted molar refractivity (Wildman–Crippen MR) is 128 cm³/mol. The molecule has 0 radical (unpaired) electrons. The molecule has 1 aliphatic carbocycles. The van der Waals surface area contributed by atoms with Crippen molar-refractivity contribution in [2.45, 2.75) is 36.5 Å². The van der Waals surface area contributed by atoms with E-state index in [2.05, 4.69) is 28.7 Å². The molecule has 2 aliphatic rings. The van der Waals surface area contributed by atoms with Crippen LogP contribution in [0.5, 0.6) is 0 Å². The molecule has 1 unspecified atom stereocenters. The van der Waals surface area contributed by atoms with Crippen LogP contribution in [-0.2, 0) is 25.0 Å². The first-order valence-electron chi connectivity index (χ1n) is 10.1. The molecule has 4 rings (SSSR count). The first-order valence-corrected chi connectivity index (χ1v) is 12.7. The maximum Gasteiger partial charge on any atom is 0.321 e. The number of benzene rings is 2. The molecule has 0 saturated heterocycles. The number of nitrogens with zero attached hydrogens (tertiary/aromatic N) is 1. The summed E-state index contributed by atoms with van der Waals surface area (Å²) in [6.07, 6.45) is 5.54. The average Bonchev–Trinajstić information content (AvgIpc) is 2.73. The molecular weight excluding hydrogens is 525 g/mol. The molecule has 5 nitrogen and oxygen atoms in total. The van der Waals surface area contributed by atoms with Gasteiger partial charge in [0.2, 0.25) is 0 Å². The van der Waals surface area contributed by atoms with E-state index in [1.807, 2.05) is 31.2 Å².